The van der Waals surface area contributed by atoms with Crippen molar-refractivity contribution in [2.75, 3.05) is 13.7 Å². The number of benzene rings is 1. The van der Waals surface area contributed by atoms with Gasteiger partial charge in [-0.2, -0.15) is 0 Å². The molecular weight excluding hydrogens is 348 g/mol. The first-order valence-corrected chi connectivity index (χ1v) is 8.83. The summed E-state index contributed by atoms with van der Waals surface area (Å²) >= 11 is 7.47. The predicted molar refractivity (Wildman–Crippen MR) is 93.0 cm³/mol. The third kappa shape index (κ3) is 4.37. The fourth-order valence-corrected chi connectivity index (χ4v) is 3.10. The minimum Gasteiger partial charge on any atom is -0.385 e. The van der Waals surface area contributed by atoms with Crippen LogP contribution in [0.25, 0.3) is 11.3 Å². The molecule has 0 fully saturated rings. The van der Waals surface area contributed by atoms with Gasteiger partial charge in [0.1, 0.15) is 17.8 Å². The van der Waals surface area contributed by atoms with E-state index in [1.807, 2.05) is 34.9 Å². The van der Waals surface area contributed by atoms with Gasteiger partial charge in [0.25, 0.3) is 0 Å². The van der Waals surface area contributed by atoms with Crippen molar-refractivity contribution >= 4 is 23.4 Å². The summed E-state index contributed by atoms with van der Waals surface area (Å²) in [6.07, 6.45) is 2.66. The van der Waals surface area contributed by atoms with Crippen LogP contribution in [0.4, 0.5) is 0 Å². The Bertz CT molecular complexity index is 772. The molecule has 0 saturated heterocycles. The molecule has 0 saturated carbocycles. The molecule has 0 bridgehead atoms. The van der Waals surface area contributed by atoms with Crippen molar-refractivity contribution < 1.29 is 9.26 Å². The fourth-order valence-electron chi connectivity index (χ4n) is 2.16. The number of hydrogen-bond donors (Lipinski definition) is 0. The average Bonchev–Trinajstić information content (AvgIpc) is 3.23. The summed E-state index contributed by atoms with van der Waals surface area (Å²) in [6, 6.07) is 9.44. The Morgan fingerprint density at radius 3 is 2.92 bits per heavy atom. The van der Waals surface area contributed by atoms with Gasteiger partial charge in [0.2, 0.25) is 0 Å². The average molecular weight is 365 g/mol. The van der Waals surface area contributed by atoms with E-state index in [-0.39, 0.29) is 0 Å². The van der Waals surface area contributed by atoms with Crippen LogP contribution in [0, 0.1) is 0 Å². The highest BCUT2D eigenvalue weighted by atomic mass is 35.5. The molecule has 6 nitrogen and oxygen atoms in total. The minimum atomic E-state index is 0.642. The molecule has 3 aromatic rings. The van der Waals surface area contributed by atoms with Crippen LogP contribution < -0.4 is 0 Å². The lowest BCUT2D eigenvalue weighted by Crippen LogP contribution is -2.01. The van der Waals surface area contributed by atoms with Crippen LogP contribution in [0.1, 0.15) is 12.2 Å². The number of aromatic nitrogens is 4. The first-order chi connectivity index (χ1) is 11.8. The topological polar surface area (TPSA) is 66.0 Å². The second-order valence-corrected chi connectivity index (χ2v) is 6.51. The molecule has 24 heavy (non-hydrogen) atoms. The van der Waals surface area contributed by atoms with E-state index in [4.69, 9.17) is 20.9 Å². The maximum absolute atomic E-state index is 5.90. The molecule has 0 aliphatic rings. The standard InChI is InChI=1S/C16H17ClN4O2S/c1-22-8-2-7-21-11-18-19-16(21)24-10-14-9-15(20-23-14)12-3-5-13(17)6-4-12/h3-6,9,11H,2,7-8,10H2,1H3. The van der Waals surface area contributed by atoms with E-state index in [2.05, 4.69) is 15.4 Å². The molecule has 126 valence electrons. The summed E-state index contributed by atoms with van der Waals surface area (Å²) in [5, 5.41) is 13.8. The molecule has 0 aliphatic carbocycles. The zero-order valence-electron chi connectivity index (χ0n) is 13.2. The summed E-state index contributed by atoms with van der Waals surface area (Å²) in [6.45, 7) is 1.55. The number of halogens is 1. The van der Waals surface area contributed by atoms with Crippen LogP contribution in [0.2, 0.25) is 5.02 Å². The summed E-state index contributed by atoms with van der Waals surface area (Å²) in [5.41, 5.74) is 1.77. The molecule has 2 aromatic heterocycles. The normalized spacial score (nSPS) is 11.1. The molecule has 0 amide bonds. The zero-order valence-corrected chi connectivity index (χ0v) is 14.8. The Labute approximate surface area is 149 Å². The van der Waals surface area contributed by atoms with Crippen LogP contribution in [-0.4, -0.2) is 33.6 Å². The van der Waals surface area contributed by atoms with Crippen LogP contribution in [0.5, 0.6) is 0 Å². The molecular formula is C16H17ClN4O2S. The number of methoxy groups -OCH3 is 1. The number of thioether (sulfide) groups is 1. The molecule has 0 radical (unpaired) electrons. The third-order valence-corrected chi connectivity index (χ3v) is 4.63. The van der Waals surface area contributed by atoms with Crippen molar-refractivity contribution in [1.82, 2.24) is 19.9 Å². The molecule has 0 atom stereocenters. The van der Waals surface area contributed by atoms with E-state index in [0.29, 0.717) is 10.8 Å². The highest BCUT2D eigenvalue weighted by Gasteiger charge is 2.10. The van der Waals surface area contributed by atoms with E-state index in [9.17, 15) is 0 Å². The summed E-state index contributed by atoms with van der Waals surface area (Å²) < 4.78 is 12.5. The second-order valence-electron chi connectivity index (χ2n) is 5.13. The van der Waals surface area contributed by atoms with Gasteiger partial charge < -0.3 is 13.8 Å². The Kier molecular flexibility index (Phi) is 5.90. The smallest absolute Gasteiger partial charge is 0.191 e. The van der Waals surface area contributed by atoms with Gasteiger partial charge in [-0.25, -0.2) is 0 Å². The van der Waals surface area contributed by atoms with Crippen LogP contribution in [0.3, 0.4) is 0 Å². The Morgan fingerprint density at radius 1 is 1.29 bits per heavy atom. The van der Waals surface area contributed by atoms with Gasteiger partial charge in [-0.15, -0.1) is 10.2 Å². The highest BCUT2D eigenvalue weighted by molar-refractivity contribution is 7.98. The maximum atomic E-state index is 5.90. The number of hydrogen-bond acceptors (Lipinski definition) is 6. The Morgan fingerprint density at radius 2 is 2.12 bits per heavy atom. The summed E-state index contributed by atoms with van der Waals surface area (Å²) in [7, 11) is 1.70. The highest BCUT2D eigenvalue weighted by Crippen LogP contribution is 2.25. The summed E-state index contributed by atoms with van der Waals surface area (Å²) in [5.74, 6) is 1.43. The fraction of sp³-hybridized carbons (Fsp3) is 0.312. The third-order valence-electron chi connectivity index (χ3n) is 3.37. The van der Waals surface area contributed by atoms with E-state index >= 15 is 0 Å². The SMILES string of the molecule is COCCCn1cnnc1SCc1cc(-c2ccc(Cl)cc2)no1. The van der Waals surface area contributed by atoms with Crippen molar-refractivity contribution in [2.24, 2.45) is 0 Å². The predicted octanol–water partition coefficient (Wildman–Crippen LogP) is 3.92. The number of nitrogens with zero attached hydrogens (tertiary/aromatic N) is 4. The lowest BCUT2D eigenvalue weighted by molar-refractivity contribution is 0.189. The molecule has 8 heteroatoms. The second kappa shape index (κ2) is 8.32. The first-order valence-electron chi connectivity index (χ1n) is 7.47. The molecule has 0 unspecified atom stereocenters. The lowest BCUT2D eigenvalue weighted by atomic mass is 10.1. The van der Waals surface area contributed by atoms with E-state index in [1.165, 1.54) is 0 Å². The van der Waals surface area contributed by atoms with E-state index < -0.39 is 0 Å². The van der Waals surface area contributed by atoms with Crippen molar-refractivity contribution in [3.8, 4) is 11.3 Å². The number of rotatable bonds is 8. The van der Waals surface area contributed by atoms with E-state index in [1.54, 1.807) is 25.2 Å². The molecule has 2 heterocycles. The van der Waals surface area contributed by atoms with Crippen molar-refractivity contribution in [2.45, 2.75) is 23.9 Å². The number of ether oxygens (including phenoxy) is 1. The Balaban J connectivity index is 1.60. The van der Waals surface area contributed by atoms with Gasteiger partial charge in [-0.3, -0.25) is 0 Å². The van der Waals surface area contributed by atoms with Gasteiger partial charge >= 0.3 is 0 Å². The quantitative estimate of drug-likeness (QED) is 0.446. The van der Waals surface area contributed by atoms with Crippen molar-refractivity contribution in [3.05, 3.63) is 47.4 Å². The van der Waals surface area contributed by atoms with Crippen LogP contribution in [-0.2, 0) is 17.0 Å². The van der Waals surface area contributed by atoms with Gasteiger partial charge in [-0.1, -0.05) is 40.7 Å². The van der Waals surface area contributed by atoms with Gasteiger partial charge in [-0.05, 0) is 18.6 Å². The van der Waals surface area contributed by atoms with Gasteiger partial charge in [0.05, 0.1) is 5.75 Å². The molecule has 1 aromatic carbocycles. The molecule has 0 spiro atoms. The molecule has 3 rings (SSSR count). The number of aryl methyl sites for hydroxylation is 1. The van der Waals surface area contributed by atoms with Crippen molar-refractivity contribution in [1.29, 1.82) is 0 Å². The van der Waals surface area contributed by atoms with Crippen LogP contribution in [0.15, 0.2) is 46.3 Å². The van der Waals surface area contributed by atoms with Crippen molar-refractivity contribution in [3.63, 3.8) is 0 Å². The van der Waals surface area contributed by atoms with Gasteiger partial charge in [0.15, 0.2) is 5.16 Å². The largest absolute Gasteiger partial charge is 0.385 e. The van der Waals surface area contributed by atoms with Crippen LogP contribution >= 0.6 is 23.4 Å². The Hall–Kier alpha value is -1.83. The van der Waals surface area contributed by atoms with E-state index in [0.717, 1.165) is 41.7 Å². The zero-order chi connectivity index (χ0) is 16.8. The minimum absolute atomic E-state index is 0.642. The van der Waals surface area contributed by atoms with Gasteiger partial charge in [0, 0.05) is 36.9 Å². The summed E-state index contributed by atoms with van der Waals surface area (Å²) in [4.78, 5) is 0. The molecule has 0 N–H and O–H groups in total. The monoisotopic (exact) mass is 364 g/mol. The molecule has 0 aliphatic heterocycles. The maximum Gasteiger partial charge on any atom is 0.191 e. The first kappa shape index (κ1) is 17.0. The lowest BCUT2D eigenvalue weighted by Gasteiger charge is -2.04.